The topological polar surface area (TPSA) is 57.8 Å². The lowest BCUT2D eigenvalue weighted by atomic mass is 9.82. The fourth-order valence-corrected chi connectivity index (χ4v) is 2.23. The number of hydrogen-bond acceptors (Lipinski definition) is 2. The van der Waals surface area contributed by atoms with E-state index in [4.69, 9.17) is 0 Å². The molecule has 0 saturated heterocycles. The fourth-order valence-electron chi connectivity index (χ4n) is 2.23. The molecule has 1 saturated carbocycles. The predicted octanol–water partition coefficient (Wildman–Crippen LogP) is 1.85. The first-order valence-electron chi connectivity index (χ1n) is 6.01. The number of nitrogens with zero attached hydrogens (tertiary/aromatic N) is 1. The summed E-state index contributed by atoms with van der Waals surface area (Å²) in [5.74, 6) is 1.22. The third kappa shape index (κ3) is 2.84. The molecule has 4 heteroatoms. The van der Waals surface area contributed by atoms with Crippen molar-refractivity contribution in [1.82, 2.24) is 15.5 Å². The van der Waals surface area contributed by atoms with Gasteiger partial charge in [-0.25, -0.2) is 0 Å². The van der Waals surface area contributed by atoms with Gasteiger partial charge in [-0.1, -0.05) is 6.92 Å². The van der Waals surface area contributed by atoms with Crippen LogP contribution in [0.2, 0.25) is 0 Å². The first-order valence-corrected chi connectivity index (χ1v) is 6.01. The molecule has 0 atom stereocenters. The van der Waals surface area contributed by atoms with Gasteiger partial charge in [0.1, 0.15) is 0 Å². The van der Waals surface area contributed by atoms with E-state index in [0.29, 0.717) is 6.54 Å². The molecule has 2 rings (SSSR count). The molecule has 0 aromatic carbocycles. The van der Waals surface area contributed by atoms with Crippen molar-refractivity contribution in [3.8, 4) is 0 Å². The van der Waals surface area contributed by atoms with Gasteiger partial charge in [0.15, 0.2) is 0 Å². The summed E-state index contributed by atoms with van der Waals surface area (Å²) in [5, 5.41) is 9.55. The van der Waals surface area contributed by atoms with Crippen LogP contribution in [0.5, 0.6) is 0 Å². The third-order valence-corrected chi connectivity index (χ3v) is 3.41. The van der Waals surface area contributed by atoms with Gasteiger partial charge < -0.3 is 5.32 Å². The summed E-state index contributed by atoms with van der Waals surface area (Å²) in [7, 11) is 0. The number of amides is 1. The Bertz CT molecular complexity index is 326. The van der Waals surface area contributed by atoms with Gasteiger partial charge in [-0.05, 0) is 31.6 Å². The number of aromatic nitrogens is 2. The van der Waals surface area contributed by atoms with Crippen LogP contribution >= 0.6 is 0 Å². The van der Waals surface area contributed by atoms with E-state index < -0.39 is 0 Å². The number of hydrogen-bond donors (Lipinski definition) is 2. The van der Waals surface area contributed by atoms with Crippen LogP contribution in [0.4, 0.5) is 0 Å². The Balaban J connectivity index is 1.75. The number of aromatic amines is 1. The van der Waals surface area contributed by atoms with Crippen molar-refractivity contribution in [3.05, 3.63) is 18.0 Å². The minimum Gasteiger partial charge on any atom is -0.352 e. The normalized spacial score (nSPS) is 25.3. The summed E-state index contributed by atoms with van der Waals surface area (Å²) in [5.41, 5.74) is 1.03. The lowest BCUT2D eigenvalue weighted by Crippen LogP contribution is -2.32. The Kier molecular flexibility index (Phi) is 3.59. The summed E-state index contributed by atoms with van der Waals surface area (Å²) in [6, 6.07) is 0. The van der Waals surface area contributed by atoms with E-state index in [-0.39, 0.29) is 11.8 Å². The van der Waals surface area contributed by atoms with Crippen LogP contribution in [-0.4, -0.2) is 16.1 Å². The van der Waals surface area contributed by atoms with Crippen molar-refractivity contribution in [2.24, 2.45) is 11.8 Å². The van der Waals surface area contributed by atoms with Gasteiger partial charge in [-0.2, -0.15) is 5.10 Å². The molecule has 1 heterocycles. The first-order chi connectivity index (χ1) is 7.75. The number of rotatable bonds is 3. The summed E-state index contributed by atoms with van der Waals surface area (Å²) in [6.07, 6.45) is 8.00. The van der Waals surface area contributed by atoms with Crippen molar-refractivity contribution in [2.45, 2.75) is 39.2 Å². The molecule has 16 heavy (non-hydrogen) atoms. The molecule has 2 N–H and O–H groups in total. The predicted molar refractivity (Wildman–Crippen MR) is 61.6 cm³/mol. The summed E-state index contributed by atoms with van der Waals surface area (Å²) >= 11 is 0. The number of H-pyrrole nitrogens is 1. The van der Waals surface area contributed by atoms with Gasteiger partial charge in [0.25, 0.3) is 0 Å². The summed E-state index contributed by atoms with van der Waals surface area (Å²) < 4.78 is 0. The van der Waals surface area contributed by atoms with Crippen molar-refractivity contribution in [2.75, 3.05) is 0 Å². The molecule has 88 valence electrons. The number of carbonyl (C=O) groups excluding carboxylic acids is 1. The lowest BCUT2D eigenvalue weighted by molar-refractivity contribution is -0.126. The van der Waals surface area contributed by atoms with E-state index in [1.165, 1.54) is 12.8 Å². The Morgan fingerprint density at radius 3 is 2.88 bits per heavy atom. The Morgan fingerprint density at radius 1 is 1.50 bits per heavy atom. The first kappa shape index (κ1) is 11.2. The minimum absolute atomic E-state index is 0.202. The van der Waals surface area contributed by atoms with Crippen molar-refractivity contribution < 1.29 is 4.79 Å². The highest BCUT2D eigenvalue weighted by Crippen LogP contribution is 2.28. The molecule has 1 aliphatic rings. The maximum Gasteiger partial charge on any atom is 0.223 e. The molecule has 0 aliphatic heterocycles. The SMILES string of the molecule is CC1CCC(C(=O)NCc2cn[nH]c2)CC1. The zero-order valence-electron chi connectivity index (χ0n) is 9.70. The van der Waals surface area contributed by atoms with Gasteiger partial charge in [-0.3, -0.25) is 9.89 Å². The van der Waals surface area contributed by atoms with Gasteiger partial charge >= 0.3 is 0 Å². The monoisotopic (exact) mass is 221 g/mol. The second-order valence-electron chi connectivity index (χ2n) is 4.78. The summed E-state index contributed by atoms with van der Waals surface area (Å²) in [4.78, 5) is 11.9. The molecular weight excluding hydrogens is 202 g/mol. The van der Waals surface area contributed by atoms with Gasteiger partial charge in [0, 0.05) is 24.2 Å². The van der Waals surface area contributed by atoms with E-state index in [1.54, 1.807) is 6.20 Å². The standard InChI is InChI=1S/C12H19N3O/c1-9-2-4-11(5-3-9)12(16)13-6-10-7-14-15-8-10/h7-9,11H,2-6H2,1H3,(H,13,16)(H,14,15). The van der Waals surface area contributed by atoms with E-state index in [9.17, 15) is 4.79 Å². The molecule has 1 aromatic rings. The highest BCUT2D eigenvalue weighted by atomic mass is 16.1. The van der Waals surface area contributed by atoms with Crippen LogP contribution in [-0.2, 0) is 11.3 Å². The molecule has 0 unspecified atom stereocenters. The van der Waals surface area contributed by atoms with Crippen LogP contribution in [0.1, 0.15) is 38.2 Å². The summed E-state index contributed by atoms with van der Waals surface area (Å²) in [6.45, 7) is 2.85. The molecular formula is C12H19N3O. The zero-order valence-corrected chi connectivity index (χ0v) is 9.70. The van der Waals surface area contributed by atoms with E-state index in [0.717, 1.165) is 24.3 Å². The highest BCUT2D eigenvalue weighted by molar-refractivity contribution is 5.78. The number of nitrogens with one attached hydrogen (secondary N) is 2. The smallest absolute Gasteiger partial charge is 0.223 e. The third-order valence-electron chi connectivity index (χ3n) is 3.41. The van der Waals surface area contributed by atoms with Gasteiger partial charge in [-0.15, -0.1) is 0 Å². The lowest BCUT2D eigenvalue weighted by Gasteiger charge is -2.25. The van der Waals surface area contributed by atoms with E-state index in [2.05, 4.69) is 22.4 Å². The molecule has 0 spiro atoms. The van der Waals surface area contributed by atoms with Gasteiger partial charge in [0.2, 0.25) is 5.91 Å². The van der Waals surface area contributed by atoms with Crippen LogP contribution < -0.4 is 5.32 Å². The largest absolute Gasteiger partial charge is 0.352 e. The van der Waals surface area contributed by atoms with Crippen LogP contribution in [0.25, 0.3) is 0 Å². The number of carbonyl (C=O) groups is 1. The molecule has 1 aliphatic carbocycles. The molecule has 1 aromatic heterocycles. The van der Waals surface area contributed by atoms with Crippen LogP contribution in [0.15, 0.2) is 12.4 Å². The Hall–Kier alpha value is -1.32. The van der Waals surface area contributed by atoms with Crippen molar-refractivity contribution >= 4 is 5.91 Å². The second kappa shape index (κ2) is 5.14. The quantitative estimate of drug-likeness (QED) is 0.818. The average Bonchev–Trinajstić information content (AvgIpc) is 2.80. The van der Waals surface area contributed by atoms with Crippen LogP contribution in [0, 0.1) is 11.8 Å². The Labute approximate surface area is 95.8 Å². The van der Waals surface area contributed by atoms with E-state index >= 15 is 0 Å². The highest BCUT2D eigenvalue weighted by Gasteiger charge is 2.23. The average molecular weight is 221 g/mol. The fraction of sp³-hybridized carbons (Fsp3) is 0.667. The Morgan fingerprint density at radius 2 is 2.25 bits per heavy atom. The zero-order chi connectivity index (χ0) is 11.4. The molecule has 0 bridgehead atoms. The molecule has 4 nitrogen and oxygen atoms in total. The van der Waals surface area contributed by atoms with Crippen molar-refractivity contribution in [1.29, 1.82) is 0 Å². The second-order valence-corrected chi connectivity index (χ2v) is 4.78. The minimum atomic E-state index is 0.202. The van der Waals surface area contributed by atoms with Crippen LogP contribution in [0.3, 0.4) is 0 Å². The van der Waals surface area contributed by atoms with Gasteiger partial charge in [0.05, 0.1) is 6.20 Å². The van der Waals surface area contributed by atoms with Crippen molar-refractivity contribution in [3.63, 3.8) is 0 Å². The molecule has 1 amide bonds. The molecule has 1 fully saturated rings. The van der Waals surface area contributed by atoms with E-state index in [1.807, 2.05) is 6.20 Å². The maximum absolute atomic E-state index is 11.9. The maximum atomic E-state index is 11.9. The molecule has 0 radical (unpaired) electrons.